The van der Waals surface area contributed by atoms with Crippen molar-refractivity contribution in [2.75, 3.05) is 53.6 Å². The Hall–Kier alpha value is -1.18. The van der Waals surface area contributed by atoms with E-state index in [1.54, 1.807) is 7.11 Å². The Bertz CT molecular complexity index is 736. The number of likely N-dealkylation sites (tertiary alicyclic amines) is 1. The van der Waals surface area contributed by atoms with Gasteiger partial charge in [0.15, 0.2) is 0 Å². The van der Waals surface area contributed by atoms with Crippen molar-refractivity contribution in [3.05, 3.63) is 28.9 Å². The van der Waals surface area contributed by atoms with E-state index >= 15 is 0 Å². The lowest BCUT2D eigenvalue weighted by atomic mass is 9.96. The van der Waals surface area contributed by atoms with Gasteiger partial charge < -0.3 is 14.7 Å². The molecule has 0 unspecified atom stereocenters. The van der Waals surface area contributed by atoms with E-state index < -0.39 is 0 Å². The van der Waals surface area contributed by atoms with Gasteiger partial charge in [0.05, 0.1) is 22.8 Å². The number of benzene rings is 1. The van der Waals surface area contributed by atoms with Crippen LogP contribution in [0, 0.1) is 11.8 Å². The fourth-order valence-electron chi connectivity index (χ4n) is 3.99. The van der Waals surface area contributed by atoms with E-state index in [4.69, 9.17) is 21.4 Å². The first kappa shape index (κ1) is 19.6. The number of rotatable bonds is 8. The second-order valence-corrected chi connectivity index (χ2v) is 7.76. The van der Waals surface area contributed by atoms with Gasteiger partial charge in [-0.3, -0.25) is 9.58 Å². The van der Waals surface area contributed by atoms with Gasteiger partial charge in [-0.05, 0) is 31.0 Å². The van der Waals surface area contributed by atoms with Crippen LogP contribution in [0.2, 0.25) is 5.02 Å². The number of aryl methyl sites for hydroxylation is 1. The molecule has 1 saturated heterocycles. The molecule has 7 heteroatoms. The number of hydrogen-bond donors (Lipinski definition) is 1. The van der Waals surface area contributed by atoms with E-state index in [2.05, 4.69) is 16.8 Å². The summed E-state index contributed by atoms with van der Waals surface area (Å²) in [6.07, 6.45) is 0. The third kappa shape index (κ3) is 4.21. The molecule has 2 atom stereocenters. The van der Waals surface area contributed by atoms with Crippen molar-refractivity contribution < 1.29 is 9.84 Å². The van der Waals surface area contributed by atoms with Crippen molar-refractivity contribution in [1.82, 2.24) is 19.6 Å². The zero-order chi connectivity index (χ0) is 18.7. The summed E-state index contributed by atoms with van der Waals surface area (Å²) in [7, 11) is 5.79. The van der Waals surface area contributed by atoms with Crippen molar-refractivity contribution in [2.24, 2.45) is 18.9 Å². The Balaban J connectivity index is 1.70. The van der Waals surface area contributed by atoms with E-state index in [0.717, 1.165) is 61.0 Å². The minimum Gasteiger partial charge on any atom is -0.396 e. The predicted molar refractivity (Wildman–Crippen MR) is 104 cm³/mol. The van der Waals surface area contributed by atoms with Crippen LogP contribution in [0.5, 0.6) is 0 Å². The summed E-state index contributed by atoms with van der Waals surface area (Å²) in [6.45, 7) is 5.45. The molecule has 6 nitrogen and oxygen atoms in total. The number of fused-ring (bicyclic) bond motifs is 1. The van der Waals surface area contributed by atoms with E-state index in [1.165, 1.54) is 0 Å². The number of aliphatic hydroxyl groups is 1. The van der Waals surface area contributed by atoms with Crippen LogP contribution in [-0.2, 0) is 18.3 Å². The maximum Gasteiger partial charge on any atom is 0.0858 e. The highest BCUT2D eigenvalue weighted by Gasteiger charge is 2.33. The zero-order valence-electron chi connectivity index (χ0n) is 15.9. The maximum absolute atomic E-state index is 9.82. The summed E-state index contributed by atoms with van der Waals surface area (Å²) in [6, 6.07) is 5.93. The van der Waals surface area contributed by atoms with Gasteiger partial charge in [0.2, 0.25) is 0 Å². The van der Waals surface area contributed by atoms with Gasteiger partial charge in [0.25, 0.3) is 0 Å². The van der Waals surface area contributed by atoms with Crippen LogP contribution in [-0.4, -0.2) is 78.2 Å². The molecule has 0 saturated carbocycles. The first-order chi connectivity index (χ1) is 12.5. The largest absolute Gasteiger partial charge is 0.396 e. The number of hydrogen-bond acceptors (Lipinski definition) is 5. The van der Waals surface area contributed by atoms with Crippen molar-refractivity contribution >= 4 is 22.5 Å². The molecule has 2 heterocycles. The first-order valence-electron chi connectivity index (χ1n) is 9.14. The van der Waals surface area contributed by atoms with Gasteiger partial charge in [0.1, 0.15) is 0 Å². The third-order valence-electron chi connectivity index (χ3n) is 5.38. The number of halogens is 1. The molecule has 144 valence electrons. The number of aromatic nitrogens is 2. The quantitative estimate of drug-likeness (QED) is 0.757. The lowest BCUT2D eigenvalue weighted by Gasteiger charge is -2.23. The average molecular weight is 381 g/mol. The van der Waals surface area contributed by atoms with Crippen LogP contribution in [0.1, 0.15) is 5.69 Å². The van der Waals surface area contributed by atoms with Gasteiger partial charge in [-0.15, -0.1) is 0 Å². The molecule has 2 aromatic rings. The van der Waals surface area contributed by atoms with E-state index in [-0.39, 0.29) is 6.61 Å². The molecule has 1 aromatic carbocycles. The summed E-state index contributed by atoms with van der Waals surface area (Å²) in [5.74, 6) is 0.748. The van der Waals surface area contributed by atoms with Crippen LogP contribution in [0.3, 0.4) is 0 Å². The smallest absolute Gasteiger partial charge is 0.0858 e. The van der Waals surface area contributed by atoms with Gasteiger partial charge in [0, 0.05) is 58.9 Å². The second kappa shape index (κ2) is 8.67. The van der Waals surface area contributed by atoms with Crippen LogP contribution in [0.25, 0.3) is 10.9 Å². The molecule has 1 N–H and O–H groups in total. The number of ether oxygens (including phenoxy) is 1. The minimum atomic E-state index is 0.225. The normalized spacial score (nSPS) is 21.3. The van der Waals surface area contributed by atoms with Crippen LogP contribution in [0.4, 0.5) is 0 Å². The number of methoxy groups -OCH3 is 1. The molecular formula is C19H29ClN4O2. The molecule has 0 amide bonds. The van der Waals surface area contributed by atoms with Gasteiger partial charge in [-0.1, -0.05) is 17.7 Å². The lowest BCUT2D eigenvalue weighted by Crippen LogP contribution is -2.33. The monoisotopic (exact) mass is 380 g/mol. The molecule has 0 bridgehead atoms. The SMILES string of the molecule is COCCN(C)C[C@@H]1CN(Cc2nn(C)c3cccc(Cl)c23)C[C@@H]1CO. The van der Waals surface area contributed by atoms with Gasteiger partial charge in [-0.2, -0.15) is 5.10 Å². The Labute approximate surface area is 160 Å². The maximum atomic E-state index is 9.82. The summed E-state index contributed by atoms with van der Waals surface area (Å²) >= 11 is 6.43. The third-order valence-corrected chi connectivity index (χ3v) is 5.70. The highest BCUT2D eigenvalue weighted by molar-refractivity contribution is 6.35. The standard InChI is InChI=1S/C19H29ClN4O2/c1-22(7-8-26-3)9-14-10-24(11-15(14)13-25)12-17-19-16(20)5-4-6-18(19)23(2)21-17/h4-6,14-15,25H,7-13H2,1-3H3/t14-,15-/m1/s1. The van der Waals surface area contributed by atoms with Crippen LogP contribution in [0.15, 0.2) is 18.2 Å². The highest BCUT2D eigenvalue weighted by atomic mass is 35.5. The molecule has 1 aliphatic heterocycles. The highest BCUT2D eigenvalue weighted by Crippen LogP contribution is 2.30. The number of nitrogens with zero attached hydrogens (tertiary/aromatic N) is 4. The minimum absolute atomic E-state index is 0.225. The molecule has 1 aliphatic rings. The number of likely N-dealkylation sites (N-methyl/N-ethyl adjacent to an activating group) is 1. The summed E-state index contributed by atoms with van der Waals surface area (Å²) in [5, 5.41) is 16.3. The average Bonchev–Trinajstić information content (AvgIpc) is 3.15. The van der Waals surface area contributed by atoms with Gasteiger partial charge >= 0.3 is 0 Å². The lowest BCUT2D eigenvalue weighted by molar-refractivity contribution is 0.136. The van der Waals surface area contributed by atoms with E-state index in [9.17, 15) is 5.11 Å². The Morgan fingerprint density at radius 3 is 2.85 bits per heavy atom. The van der Waals surface area contributed by atoms with Gasteiger partial charge in [-0.25, -0.2) is 0 Å². The van der Waals surface area contributed by atoms with E-state index in [1.807, 2.05) is 29.9 Å². The fourth-order valence-corrected chi connectivity index (χ4v) is 4.27. The second-order valence-electron chi connectivity index (χ2n) is 7.36. The van der Waals surface area contributed by atoms with Crippen molar-refractivity contribution in [3.8, 4) is 0 Å². The number of aliphatic hydroxyl groups excluding tert-OH is 1. The summed E-state index contributed by atoms with van der Waals surface area (Å²) in [4.78, 5) is 4.67. The first-order valence-corrected chi connectivity index (χ1v) is 9.52. The Kier molecular flexibility index (Phi) is 6.53. The molecule has 1 fully saturated rings. The molecule has 0 spiro atoms. The summed E-state index contributed by atoms with van der Waals surface area (Å²) in [5.41, 5.74) is 2.07. The predicted octanol–water partition coefficient (Wildman–Crippen LogP) is 1.85. The van der Waals surface area contributed by atoms with Crippen LogP contribution < -0.4 is 0 Å². The van der Waals surface area contributed by atoms with Crippen LogP contribution >= 0.6 is 11.6 Å². The fraction of sp³-hybridized carbons (Fsp3) is 0.632. The molecular weight excluding hydrogens is 352 g/mol. The molecule has 0 radical (unpaired) electrons. The Morgan fingerprint density at radius 1 is 1.35 bits per heavy atom. The van der Waals surface area contributed by atoms with E-state index in [0.29, 0.717) is 11.8 Å². The van der Waals surface area contributed by atoms with Crippen molar-refractivity contribution in [3.63, 3.8) is 0 Å². The summed E-state index contributed by atoms with van der Waals surface area (Å²) < 4.78 is 7.06. The zero-order valence-corrected chi connectivity index (χ0v) is 16.6. The molecule has 3 rings (SSSR count). The molecule has 1 aromatic heterocycles. The molecule has 26 heavy (non-hydrogen) atoms. The van der Waals surface area contributed by atoms with Crippen molar-refractivity contribution in [1.29, 1.82) is 0 Å². The Morgan fingerprint density at radius 2 is 2.12 bits per heavy atom. The molecule has 0 aliphatic carbocycles. The topological polar surface area (TPSA) is 53.8 Å². The van der Waals surface area contributed by atoms with Crippen molar-refractivity contribution in [2.45, 2.75) is 6.54 Å².